The number of carbonyl (C=O) groups is 1. The molecule has 2 aromatic carbocycles. The Balaban J connectivity index is 1.87. The summed E-state index contributed by atoms with van der Waals surface area (Å²) in [5, 5.41) is 24.3. The van der Waals surface area contributed by atoms with Gasteiger partial charge in [0.25, 0.3) is 0 Å². The van der Waals surface area contributed by atoms with Crippen LogP contribution >= 0.6 is 11.6 Å². The van der Waals surface area contributed by atoms with Crippen molar-refractivity contribution in [1.82, 2.24) is 10.1 Å². The zero-order chi connectivity index (χ0) is 20.1. The highest BCUT2D eigenvalue weighted by molar-refractivity contribution is 6.30. The van der Waals surface area contributed by atoms with Crippen LogP contribution in [-0.4, -0.2) is 46.5 Å². The van der Waals surface area contributed by atoms with Gasteiger partial charge >= 0.3 is 0 Å². The van der Waals surface area contributed by atoms with Gasteiger partial charge in [0, 0.05) is 22.6 Å². The van der Waals surface area contributed by atoms with Crippen molar-refractivity contribution in [3.63, 3.8) is 0 Å². The van der Waals surface area contributed by atoms with E-state index in [1.165, 1.54) is 0 Å². The van der Waals surface area contributed by atoms with Crippen LogP contribution in [0.15, 0.2) is 53.1 Å². The number of nitrogens with zero attached hydrogens (tertiary/aromatic N) is 2. The molecule has 28 heavy (non-hydrogen) atoms. The van der Waals surface area contributed by atoms with Gasteiger partial charge in [-0.05, 0) is 48.5 Å². The highest BCUT2D eigenvalue weighted by atomic mass is 35.5. The Bertz CT molecular complexity index is 934. The Morgan fingerprint density at radius 3 is 2.32 bits per heavy atom. The fraction of sp³-hybridized carbons (Fsp3) is 0.250. The summed E-state index contributed by atoms with van der Waals surface area (Å²) < 4.78 is 10.4. The van der Waals surface area contributed by atoms with Crippen LogP contribution in [-0.2, 0) is 5.41 Å². The molecule has 0 amide bonds. The molecule has 0 aliphatic heterocycles. The number of rotatable bonds is 8. The zero-order valence-corrected chi connectivity index (χ0v) is 15.9. The van der Waals surface area contributed by atoms with Crippen molar-refractivity contribution in [2.24, 2.45) is 0 Å². The van der Waals surface area contributed by atoms with Gasteiger partial charge in [0.2, 0.25) is 11.7 Å². The minimum Gasteiger partial charge on any atom is -0.497 e. The molecule has 0 unspecified atom stereocenters. The molecule has 2 N–H and O–H groups in total. The third-order valence-electron chi connectivity index (χ3n) is 4.50. The predicted molar refractivity (Wildman–Crippen MR) is 103 cm³/mol. The van der Waals surface area contributed by atoms with Crippen LogP contribution in [0.25, 0.3) is 11.4 Å². The summed E-state index contributed by atoms with van der Waals surface area (Å²) in [7, 11) is 1.57. The van der Waals surface area contributed by atoms with Crippen molar-refractivity contribution in [2.75, 3.05) is 20.3 Å². The van der Waals surface area contributed by atoms with Crippen LogP contribution in [0.5, 0.6) is 5.75 Å². The fourth-order valence-corrected chi connectivity index (χ4v) is 2.84. The van der Waals surface area contributed by atoms with E-state index in [2.05, 4.69) is 10.1 Å². The lowest BCUT2D eigenvalue weighted by Gasteiger charge is -2.24. The van der Waals surface area contributed by atoms with Crippen molar-refractivity contribution in [2.45, 2.75) is 11.8 Å². The van der Waals surface area contributed by atoms with E-state index in [1.54, 1.807) is 55.6 Å². The number of aromatic nitrogens is 2. The third kappa shape index (κ3) is 4.06. The molecule has 7 nitrogen and oxygen atoms in total. The first-order valence-electron chi connectivity index (χ1n) is 8.50. The molecule has 0 spiro atoms. The fourth-order valence-electron chi connectivity index (χ4n) is 2.71. The number of methoxy groups -OCH3 is 1. The van der Waals surface area contributed by atoms with E-state index in [0.29, 0.717) is 21.9 Å². The first-order valence-corrected chi connectivity index (χ1v) is 8.88. The zero-order valence-electron chi connectivity index (χ0n) is 15.1. The van der Waals surface area contributed by atoms with E-state index >= 15 is 0 Å². The molecule has 0 aliphatic carbocycles. The average molecular weight is 403 g/mol. The lowest BCUT2D eigenvalue weighted by Crippen LogP contribution is -2.37. The van der Waals surface area contributed by atoms with Gasteiger partial charge in [-0.1, -0.05) is 16.8 Å². The number of Topliss-reactive ketones (excluding diaryl/α,β-unsaturated/α-hetero) is 1. The number of aliphatic hydroxyl groups excluding tert-OH is 2. The minimum atomic E-state index is -1.39. The molecule has 3 rings (SSSR count). The largest absolute Gasteiger partial charge is 0.497 e. The number of aliphatic hydroxyl groups is 2. The molecular weight excluding hydrogens is 384 g/mol. The number of carbonyl (C=O) groups excluding carboxylic acids is 1. The van der Waals surface area contributed by atoms with E-state index < -0.39 is 18.6 Å². The number of ether oxygens (including phenoxy) is 1. The van der Waals surface area contributed by atoms with Crippen molar-refractivity contribution < 1.29 is 24.3 Å². The number of halogens is 1. The van der Waals surface area contributed by atoms with E-state index in [9.17, 15) is 15.0 Å². The van der Waals surface area contributed by atoms with Gasteiger partial charge in [-0.3, -0.25) is 4.79 Å². The summed E-state index contributed by atoms with van der Waals surface area (Å²) in [6.45, 7) is -1.07. The van der Waals surface area contributed by atoms with E-state index in [0.717, 1.165) is 0 Å². The Hall–Kier alpha value is -2.74. The number of benzene rings is 2. The van der Waals surface area contributed by atoms with Crippen LogP contribution < -0.4 is 4.74 Å². The standard InChI is InChI=1S/C20H19ClN2O5/c1-27-16-8-4-14(5-9-16)18-22-19(28-23-18)20(11-24,12-25)10-17(26)13-2-6-15(21)7-3-13/h2-9,24-25H,10-12H2,1H3. The second-order valence-electron chi connectivity index (χ2n) is 6.36. The molecule has 146 valence electrons. The molecule has 0 fully saturated rings. The summed E-state index contributed by atoms with van der Waals surface area (Å²) in [6, 6.07) is 13.4. The molecule has 0 saturated carbocycles. The summed E-state index contributed by atoms with van der Waals surface area (Å²) in [5.74, 6) is 0.665. The summed E-state index contributed by atoms with van der Waals surface area (Å²) in [4.78, 5) is 16.9. The van der Waals surface area contributed by atoms with Gasteiger partial charge in [0.05, 0.1) is 20.3 Å². The van der Waals surface area contributed by atoms with Crippen LogP contribution in [0.2, 0.25) is 5.02 Å². The van der Waals surface area contributed by atoms with E-state index in [-0.39, 0.29) is 23.9 Å². The minimum absolute atomic E-state index is 0.00867. The topological polar surface area (TPSA) is 106 Å². The summed E-state index contributed by atoms with van der Waals surface area (Å²) in [6.07, 6.45) is -0.203. The Morgan fingerprint density at radius 2 is 1.75 bits per heavy atom. The smallest absolute Gasteiger partial charge is 0.238 e. The number of ketones is 1. The lowest BCUT2D eigenvalue weighted by molar-refractivity contribution is 0.0671. The summed E-state index contributed by atoms with van der Waals surface area (Å²) in [5.41, 5.74) is -0.316. The van der Waals surface area contributed by atoms with Crippen molar-refractivity contribution in [1.29, 1.82) is 0 Å². The van der Waals surface area contributed by atoms with Gasteiger partial charge in [0.15, 0.2) is 5.78 Å². The van der Waals surface area contributed by atoms with Crippen molar-refractivity contribution in [3.05, 3.63) is 65.0 Å². The summed E-state index contributed by atoms with van der Waals surface area (Å²) >= 11 is 5.85. The molecule has 1 aromatic heterocycles. The highest BCUT2D eigenvalue weighted by Gasteiger charge is 2.40. The van der Waals surface area contributed by atoms with Crippen molar-refractivity contribution in [3.8, 4) is 17.1 Å². The second kappa shape index (κ2) is 8.52. The van der Waals surface area contributed by atoms with E-state index in [1.807, 2.05) is 0 Å². The molecule has 0 atom stereocenters. The number of hydrogen-bond acceptors (Lipinski definition) is 7. The normalized spacial score (nSPS) is 11.4. The molecule has 8 heteroatoms. The molecule has 0 aliphatic rings. The maximum atomic E-state index is 12.6. The maximum Gasteiger partial charge on any atom is 0.238 e. The lowest BCUT2D eigenvalue weighted by atomic mass is 9.82. The van der Waals surface area contributed by atoms with Crippen LogP contribution in [0, 0.1) is 0 Å². The molecule has 3 aromatic rings. The number of hydrogen-bond donors (Lipinski definition) is 2. The maximum absolute atomic E-state index is 12.6. The van der Waals surface area contributed by atoms with Gasteiger partial charge in [-0.25, -0.2) is 0 Å². The van der Waals surface area contributed by atoms with Gasteiger partial charge in [0.1, 0.15) is 11.2 Å². The molecule has 0 radical (unpaired) electrons. The van der Waals surface area contributed by atoms with Crippen LogP contribution in [0.3, 0.4) is 0 Å². The average Bonchev–Trinajstić information content (AvgIpc) is 3.23. The second-order valence-corrected chi connectivity index (χ2v) is 6.79. The molecule has 0 bridgehead atoms. The first kappa shape index (κ1) is 20.0. The van der Waals surface area contributed by atoms with Gasteiger partial charge in [-0.2, -0.15) is 4.98 Å². The van der Waals surface area contributed by atoms with Crippen LogP contribution in [0.4, 0.5) is 0 Å². The van der Waals surface area contributed by atoms with Crippen LogP contribution in [0.1, 0.15) is 22.7 Å². The van der Waals surface area contributed by atoms with E-state index in [4.69, 9.17) is 20.9 Å². The monoisotopic (exact) mass is 402 g/mol. The Kier molecular flexibility index (Phi) is 6.08. The SMILES string of the molecule is COc1ccc(-c2noc(C(CO)(CO)CC(=O)c3ccc(Cl)cc3)n2)cc1. The van der Waals surface area contributed by atoms with Gasteiger partial charge in [-0.15, -0.1) is 0 Å². The Labute approximate surface area is 166 Å². The molecular formula is C20H19ClN2O5. The first-order chi connectivity index (χ1) is 13.5. The third-order valence-corrected chi connectivity index (χ3v) is 4.75. The van der Waals surface area contributed by atoms with Gasteiger partial charge < -0.3 is 19.5 Å². The molecule has 0 saturated heterocycles. The quantitative estimate of drug-likeness (QED) is 0.558. The van der Waals surface area contributed by atoms with Crippen molar-refractivity contribution >= 4 is 17.4 Å². The molecule has 1 heterocycles. The highest BCUT2D eigenvalue weighted by Crippen LogP contribution is 2.30. The Morgan fingerprint density at radius 1 is 1.11 bits per heavy atom. The predicted octanol–water partition coefficient (Wildman–Crippen LogP) is 2.89.